The molecule has 0 bridgehead atoms. The van der Waals surface area contributed by atoms with Crippen molar-refractivity contribution in [1.29, 1.82) is 5.26 Å². The van der Waals surface area contributed by atoms with Gasteiger partial charge in [-0.2, -0.15) is 5.26 Å². The largest absolute Gasteiger partial charge is 0.497 e. The molecule has 0 aliphatic heterocycles. The Hall–Kier alpha value is -2.84. The molecule has 130 valence electrons. The number of nitrogens with zero attached hydrogens (tertiary/aromatic N) is 1. The van der Waals surface area contributed by atoms with E-state index in [-0.39, 0.29) is 18.0 Å². The molecule has 2 atom stereocenters. The molecule has 1 amide bonds. The summed E-state index contributed by atoms with van der Waals surface area (Å²) in [5, 5.41) is 13.9. The van der Waals surface area contributed by atoms with Crippen LogP contribution in [0.25, 0.3) is 0 Å². The molecule has 3 N–H and O–H groups in total. The standard InChI is InChI=1S/C20H23N3O2/c1-4-19(16-8-10-18(25-3)11-9-16)22-14(2)20(24)23-17-7-5-6-15(12-17)13-21/h5-12,14,19,22H,4H2,1-3H3,(H,23,24)/p+1/t14-,19-/m1/s1. The third kappa shape index (κ3) is 5.07. The molecule has 2 rings (SSSR count). The van der Waals surface area contributed by atoms with Crippen molar-refractivity contribution in [3.63, 3.8) is 0 Å². The van der Waals surface area contributed by atoms with Crippen molar-refractivity contribution in [2.75, 3.05) is 12.4 Å². The van der Waals surface area contributed by atoms with Crippen LogP contribution >= 0.6 is 0 Å². The summed E-state index contributed by atoms with van der Waals surface area (Å²) in [7, 11) is 1.64. The van der Waals surface area contributed by atoms with Crippen LogP contribution in [-0.2, 0) is 4.79 Å². The normalized spacial score (nSPS) is 12.7. The molecular weight excluding hydrogens is 314 g/mol. The van der Waals surface area contributed by atoms with Gasteiger partial charge in [-0.3, -0.25) is 4.79 Å². The number of ether oxygens (including phenoxy) is 1. The van der Waals surface area contributed by atoms with Gasteiger partial charge in [-0.1, -0.05) is 13.0 Å². The minimum Gasteiger partial charge on any atom is -0.497 e. The Morgan fingerprint density at radius 1 is 1.28 bits per heavy atom. The van der Waals surface area contributed by atoms with Gasteiger partial charge in [0, 0.05) is 17.7 Å². The van der Waals surface area contributed by atoms with Gasteiger partial charge in [0.15, 0.2) is 6.04 Å². The molecule has 5 heteroatoms. The number of benzene rings is 2. The average Bonchev–Trinajstić information content (AvgIpc) is 2.66. The van der Waals surface area contributed by atoms with E-state index in [0.29, 0.717) is 11.3 Å². The van der Waals surface area contributed by atoms with E-state index in [2.05, 4.69) is 23.6 Å². The van der Waals surface area contributed by atoms with Crippen LogP contribution in [0.3, 0.4) is 0 Å². The van der Waals surface area contributed by atoms with E-state index in [4.69, 9.17) is 10.00 Å². The number of nitrogens with two attached hydrogens (primary N) is 1. The third-order valence-electron chi connectivity index (χ3n) is 4.18. The van der Waals surface area contributed by atoms with E-state index in [0.717, 1.165) is 17.7 Å². The zero-order valence-corrected chi connectivity index (χ0v) is 14.8. The summed E-state index contributed by atoms with van der Waals surface area (Å²) < 4.78 is 5.19. The Labute approximate surface area is 148 Å². The Balaban J connectivity index is 2.01. The zero-order valence-electron chi connectivity index (χ0n) is 14.8. The molecule has 0 radical (unpaired) electrons. The van der Waals surface area contributed by atoms with Gasteiger partial charge in [-0.15, -0.1) is 0 Å². The second kappa shape index (κ2) is 8.86. The lowest BCUT2D eigenvalue weighted by Crippen LogP contribution is -2.92. The maximum atomic E-state index is 12.4. The summed E-state index contributed by atoms with van der Waals surface area (Å²) in [6.07, 6.45) is 0.911. The van der Waals surface area contributed by atoms with Crippen molar-refractivity contribution < 1.29 is 14.8 Å². The van der Waals surface area contributed by atoms with Gasteiger partial charge in [0.05, 0.1) is 18.7 Å². The van der Waals surface area contributed by atoms with E-state index >= 15 is 0 Å². The maximum Gasteiger partial charge on any atom is 0.282 e. The number of hydrogen-bond donors (Lipinski definition) is 2. The monoisotopic (exact) mass is 338 g/mol. The Morgan fingerprint density at radius 3 is 2.60 bits per heavy atom. The quantitative estimate of drug-likeness (QED) is 0.814. The van der Waals surface area contributed by atoms with Crippen LogP contribution in [0.1, 0.15) is 37.4 Å². The second-order valence-electron chi connectivity index (χ2n) is 5.95. The summed E-state index contributed by atoms with van der Waals surface area (Å²) in [6, 6.07) is 16.9. The van der Waals surface area contributed by atoms with Crippen LogP contribution in [0.5, 0.6) is 5.75 Å². The molecule has 0 aliphatic rings. The van der Waals surface area contributed by atoms with Crippen molar-refractivity contribution in [1.82, 2.24) is 0 Å². The van der Waals surface area contributed by atoms with Crippen molar-refractivity contribution in [2.45, 2.75) is 32.4 Å². The molecule has 2 aromatic carbocycles. The van der Waals surface area contributed by atoms with Crippen molar-refractivity contribution in [2.24, 2.45) is 0 Å². The maximum absolute atomic E-state index is 12.4. The fourth-order valence-electron chi connectivity index (χ4n) is 2.69. The summed E-state index contributed by atoms with van der Waals surface area (Å²) >= 11 is 0. The number of carbonyl (C=O) groups is 1. The third-order valence-corrected chi connectivity index (χ3v) is 4.18. The van der Waals surface area contributed by atoms with Crippen LogP contribution < -0.4 is 15.4 Å². The van der Waals surface area contributed by atoms with Gasteiger partial charge in [-0.05, 0) is 49.4 Å². The predicted octanol–water partition coefficient (Wildman–Crippen LogP) is 2.61. The number of carbonyl (C=O) groups excluding carboxylic acids is 1. The Bertz CT molecular complexity index is 750. The van der Waals surface area contributed by atoms with Gasteiger partial charge >= 0.3 is 0 Å². The number of hydrogen-bond acceptors (Lipinski definition) is 3. The average molecular weight is 338 g/mol. The Kier molecular flexibility index (Phi) is 6.55. The molecular formula is C20H24N3O2+. The molecule has 0 heterocycles. The van der Waals surface area contributed by atoms with Gasteiger partial charge in [0.2, 0.25) is 0 Å². The number of anilines is 1. The molecule has 0 spiro atoms. The first-order chi connectivity index (χ1) is 12.1. The number of rotatable bonds is 7. The number of nitrogens with one attached hydrogen (secondary N) is 1. The van der Waals surface area contributed by atoms with E-state index in [1.807, 2.05) is 31.2 Å². The molecule has 2 aromatic rings. The van der Waals surface area contributed by atoms with Crippen molar-refractivity contribution >= 4 is 11.6 Å². The highest BCUT2D eigenvalue weighted by atomic mass is 16.5. The number of quaternary nitrogens is 1. The lowest BCUT2D eigenvalue weighted by molar-refractivity contribution is -0.713. The molecule has 0 aliphatic carbocycles. The molecule has 0 aromatic heterocycles. The van der Waals surface area contributed by atoms with Crippen LogP contribution in [-0.4, -0.2) is 19.1 Å². The lowest BCUT2D eigenvalue weighted by Gasteiger charge is -2.19. The fraction of sp³-hybridized carbons (Fsp3) is 0.300. The van der Waals surface area contributed by atoms with Crippen LogP contribution in [0, 0.1) is 11.3 Å². The highest BCUT2D eigenvalue weighted by Crippen LogP contribution is 2.17. The summed E-state index contributed by atoms with van der Waals surface area (Å²) in [5.74, 6) is 0.740. The molecule has 25 heavy (non-hydrogen) atoms. The van der Waals surface area contributed by atoms with Crippen molar-refractivity contribution in [3.8, 4) is 11.8 Å². The van der Waals surface area contributed by atoms with Gasteiger partial charge < -0.3 is 15.4 Å². The fourth-order valence-corrected chi connectivity index (χ4v) is 2.69. The van der Waals surface area contributed by atoms with E-state index in [1.54, 1.807) is 31.4 Å². The minimum absolute atomic E-state index is 0.0814. The number of methoxy groups -OCH3 is 1. The summed E-state index contributed by atoms with van der Waals surface area (Å²) in [4.78, 5) is 12.4. The first kappa shape index (κ1) is 18.5. The van der Waals surface area contributed by atoms with Gasteiger partial charge in [0.25, 0.3) is 5.91 Å². The predicted molar refractivity (Wildman–Crippen MR) is 97.2 cm³/mol. The van der Waals surface area contributed by atoms with E-state index in [1.165, 1.54) is 0 Å². The van der Waals surface area contributed by atoms with E-state index < -0.39 is 0 Å². The first-order valence-corrected chi connectivity index (χ1v) is 8.37. The molecule has 0 saturated carbocycles. The summed E-state index contributed by atoms with van der Waals surface area (Å²) in [5.41, 5.74) is 2.33. The van der Waals surface area contributed by atoms with Gasteiger partial charge in [0.1, 0.15) is 11.8 Å². The van der Waals surface area contributed by atoms with Crippen LogP contribution in [0.2, 0.25) is 0 Å². The zero-order chi connectivity index (χ0) is 18.2. The number of nitriles is 1. The molecule has 0 saturated heterocycles. The van der Waals surface area contributed by atoms with Crippen LogP contribution in [0.15, 0.2) is 48.5 Å². The molecule has 0 fully saturated rings. The highest BCUT2D eigenvalue weighted by molar-refractivity contribution is 5.93. The smallest absolute Gasteiger partial charge is 0.282 e. The first-order valence-electron chi connectivity index (χ1n) is 8.37. The number of amides is 1. The molecule has 5 nitrogen and oxygen atoms in total. The highest BCUT2D eigenvalue weighted by Gasteiger charge is 2.22. The second-order valence-corrected chi connectivity index (χ2v) is 5.95. The minimum atomic E-state index is -0.252. The molecule has 0 unspecified atom stereocenters. The van der Waals surface area contributed by atoms with Crippen LogP contribution in [0.4, 0.5) is 5.69 Å². The SMILES string of the molecule is CC[C@@H]([NH2+][C@H](C)C(=O)Nc1cccc(C#N)c1)c1ccc(OC)cc1. The lowest BCUT2D eigenvalue weighted by atomic mass is 10.0. The Morgan fingerprint density at radius 2 is 2.00 bits per heavy atom. The summed E-state index contributed by atoms with van der Waals surface area (Å²) in [6.45, 7) is 3.99. The van der Waals surface area contributed by atoms with Crippen molar-refractivity contribution in [3.05, 3.63) is 59.7 Å². The van der Waals surface area contributed by atoms with Gasteiger partial charge in [-0.25, -0.2) is 0 Å². The topological polar surface area (TPSA) is 78.7 Å². The van der Waals surface area contributed by atoms with E-state index in [9.17, 15) is 4.79 Å².